The number of rotatable bonds is 0. The number of anilines is 1. The lowest BCUT2D eigenvalue weighted by molar-refractivity contribution is -0.121. The van der Waals surface area contributed by atoms with Crippen LogP contribution in [0.1, 0.15) is 32.1 Å². The smallest absolute Gasteiger partial charge is 0.266 e. The van der Waals surface area contributed by atoms with Gasteiger partial charge in [0, 0.05) is 12.3 Å². The Labute approximate surface area is 158 Å². The number of carbonyl (C=O) groups is 2. The second kappa shape index (κ2) is 7.77. The van der Waals surface area contributed by atoms with Crippen LogP contribution in [0.15, 0.2) is 41.3 Å². The van der Waals surface area contributed by atoms with Crippen LogP contribution in [0.2, 0.25) is 0 Å². The van der Waals surface area contributed by atoms with Crippen LogP contribution in [-0.4, -0.2) is 25.8 Å². The lowest BCUT2D eigenvalue weighted by Gasteiger charge is -2.15. The first-order valence-corrected chi connectivity index (χ1v) is 9.73. The molecule has 1 aromatic carbocycles. The van der Waals surface area contributed by atoms with E-state index in [9.17, 15) is 18.0 Å². The summed E-state index contributed by atoms with van der Waals surface area (Å²) in [5.41, 5.74) is 5.00. The molecular formula is C17H22ClN3O4S. The Morgan fingerprint density at radius 3 is 2.65 bits per heavy atom. The summed E-state index contributed by atoms with van der Waals surface area (Å²) in [7, 11) is -4.13. The van der Waals surface area contributed by atoms with Gasteiger partial charge in [-0.1, -0.05) is 24.3 Å². The molecule has 0 aromatic heterocycles. The average molecular weight is 400 g/mol. The number of nitrogens with two attached hydrogens (primary N) is 1. The van der Waals surface area contributed by atoms with Gasteiger partial charge in [-0.3, -0.25) is 9.59 Å². The minimum atomic E-state index is -4.13. The first-order valence-electron chi connectivity index (χ1n) is 8.24. The molecule has 142 valence electrons. The van der Waals surface area contributed by atoms with Crippen LogP contribution < -0.4 is 15.8 Å². The van der Waals surface area contributed by atoms with Crippen LogP contribution in [0.25, 0.3) is 0 Å². The van der Waals surface area contributed by atoms with Crippen molar-refractivity contribution in [1.82, 2.24) is 4.72 Å². The molecule has 2 atom stereocenters. The fourth-order valence-electron chi connectivity index (χ4n) is 2.90. The van der Waals surface area contributed by atoms with Crippen molar-refractivity contribution in [2.24, 2.45) is 11.7 Å². The van der Waals surface area contributed by atoms with Gasteiger partial charge in [-0.05, 0) is 37.8 Å². The molecule has 0 spiro atoms. The number of sulfonamides is 1. The fraction of sp³-hybridized carbons (Fsp3) is 0.412. The molecule has 0 saturated heterocycles. The summed E-state index contributed by atoms with van der Waals surface area (Å²) in [6, 6.07) is 5.99. The molecule has 2 aliphatic rings. The largest absolute Gasteiger partial charge is 0.325 e. The van der Waals surface area contributed by atoms with Crippen molar-refractivity contribution < 1.29 is 18.0 Å². The molecule has 0 unspecified atom stereocenters. The van der Waals surface area contributed by atoms with E-state index in [0.717, 1.165) is 12.8 Å². The van der Waals surface area contributed by atoms with E-state index in [2.05, 4.69) is 10.0 Å². The zero-order valence-corrected chi connectivity index (χ0v) is 15.7. The van der Waals surface area contributed by atoms with Crippen LogP contribution in [0, 0.1) is 5.92 Å². The molecule has 1 aromatic rings. The molecule has 2 amide bonds. The molecule has 4 N–H and O–H groups in total. The van der Waals surface area contributed by atoms with Crippen LogP contribution in [0.5, 0.6) is 0 Å². The van der Waals surface area contributed by atoms with Crippen molar-refractivity contribution in [2.75, 3.05) is 5.32 Å². The van der Waals surface area contributed by atoms with Gasteiger partial charge in [-0.2, -0.15) is 0 Å². The summed E-state index contributed by atoms with van der Waals surface area (Å²) in [6.45, 7) is 0. The van der Waals surface area contributed by atoms with E-state index in [1.807, 2.05) is 12.2 Å². The van der Waals surface area contributed by atoms with Gasteiger partial charge >= 0.3 is 0 Å². The molecule has 3 rings (SSSR count). The summed E-state index contributed by atoms with van der Waals surface area (Å²) < 4.78 is 27.2. The topological polar surface area (TPSA) is 118 Å². The van der Waals surface area contributed by atoms with Crippen molar-refractivity contribution >= 4 is 39.9 Å². The molecule has 0 bridgehead atoms. The van der Waals surface area contributed by atoms with E-state index < -0.39 is 21.5 Å². The third-order valence-corrected chi connectivity index (χ3v) is 5.94. The van der Waals surface area contributed by atoms with Gasteiger partial charge in [-0.15, -0.1) is 12.4 Å². The van der Waals surface area contributed by atoms with Crippen molar-refractivity contribution in [3.63, 3.8) is 0 Å². The maximum Gasteiger partial charge on any atom is 0.266 e. The molecule has 9 heteroatoms. The first-order chi connectivity index (χ1) is 11.8. The fourth-order valence-corrected chi connectivity index (χ4v) is 4.11. The quantitative estimate of drug-likeness (QED) is 0.574. The van der Waals surface area contributed by atoms with Crippen LogP contribution >= 0.6 is 12.4 Å². The van der Waals surface area contributed by atoms with E-state index in [-0.39, 0.29) is 34.8 Å². The normalized spacial score (nSPS) is 29.3. The van der Waals surface area contributed by atoms with Crippen molar-refractivity contribution in [3.05, 3.63) is 36.4 Å². The van der Waals surface area contributed by atoms with Gasteiger partial charge in [0.05, 0.1) is 5.69 Å². The van der Waals surface area contributed by atoms with E-state index in [4.69, 9.17) is 5.73 Å². The predicted octanol–water partition coefficient (Wildman–Crippen LogP) is 1.70. The van der Waals surface area contributed by atoms with Crippen LogP contribution in [0.4, 0.5) is 5.69 Å². The highest BCUT2D eigenvalue weighted by Crippen LogP contribution is 2.42. The number of fused-ring (bicyclic) bond motifs is 2. The summed E-state index contributed by atoms with van der Waals surface area (Å²) in [5, 5.41) is 2.61. The lowest BCUT2D eigenvalue weighted by atomic mass is 10.1. The van der Waals surface area contributed by atoms with E-state index in [1.165, 1.54) is 18.2 Å². The van der Waals surface area contributed by atoms with Gasteiger partial charge in [0.15, 0.2) is 0 Å². The number of carbonyl (C=O) groups excluding carboxylic acids is 2. The highest BCUT2D eigenvalue weighted by Gasteiger charge is 2.56. The number of hydrogen-bond acceptors (Lipinski definition) is 5. The summed E-state index contributed by atoms with van der Waals surface area (Å²) in [5.74, 6) is -1.15. The zero-order chi connectivity index (χ0) is 18.1. The summed E-state index contributed by atoms with van der Waals surface area (Å²) in [6.07, 6.45) is 6.84. The average Bonchev–Trinajstić information content (AvgIpc) is 3.22. The number of benzene rings is 1. The Morgan fingerprint density at radius 1 is 1.15 bits per heavy atom. The third-order valence-electron chi connectivity index (χ3n) is 4.55. The standard InChI is InChI=1S/C17H21N3O4S.ClH/c18-17-11-12(17)7-3-1-2-4-10-15(21)19-13-8-5-6-9-14(13)25(23,24)20-16(17)22;/h3,5-9,12H,1-2,4,10-11,18H2,(H,19,21)(H,20,22);1H/b7-3-;/t12-,17-;/m1./s1. The Morgan fingerprint density at radius 2 is 1.88 bits per heavy atom. The number of halogens is 1. The Bertz CT molecular complexity index is 840. The van der Waals surface area contributed by atoms with Gasteiger partial charge in [0.2, 0.25) is 5.91 Å². The van der Waals surface area contributed by atoms with Crippen molar-refractivity contribution in [2.45, 2.75) is 42.5 Å². The molecule has 7 nitrogen and oxygen atoms in total. The Balaban J connectivity index is 0.00000243. The zero-order valence-electron chi connectivity index (χ0n) is 14.1. The summed E-state index contributed by atoms with van der Waals surface area (Å²) in [4.78, 5) is 24.3. The number of nitrogens with one attached hydrogen (secondary N) is 2. The molecule has 1 heterocycles. The Hall–Kier alpha value is -1.90. The monoisotopic (exact) mass is 399 g/mol. The molecule has 1 saturated carbocycles. The summed E-state index contributed by atoms with van der Waals surface area (Å²) >= 11 is 0. The van der Waals surface area contributed by atoms with Gasteiger partial charge < -0.3 is 11.1 Å². The van der Waals surface area contributed by atoms with Crippen LogP contribution in [0.3, 0.4) is 0 Å². The number of hydrogen-bond donors (Lipinski definition) is 3. The van der Waals surface area contributed by atoms with E-state index >= 15 is 0 Å². The number of amides is 2. The minimum absolute atomic E-state index is 0. The van der Waals surface area contributed by atoms with E-state index in [1.54, 1.807) is 6.07 Å². The van der Waals surface area contributed by atoms with Crippen molar-refractivity contribution in [3.8, 4) is 0 Å². The third kappa shape index (κ3) is 4.25. The van der Waals surface area contributed by atoms with Gasteiger partial charge in [0.1, 0.15) is 10.4 Å². The number of allylic oxidation sites excluding steroid dienone is 1. The van der Waals surface area contributed by atoms with Gasteiger partial charge in [-0.25, -0.2) is 13.1 Å². The number of para-hydroxylation sites is 1. The van der Waals surface area contributed by atoms with E-state index in [0.29, 0.717) is 19.3 Å². The molecule has 1 aliphatic carbocycles. The maximum absolute atomic E-state index is 12.6. The second-order valence-electron chi connectivity index (χ2n) is 6.50. The molecule has 1 fully saturated rings. The highest BCUT2D eigenvalue weighted by atomic mass is 35.5. The molecular weight excluding hydrogens is 378 g/mol. The lowest BCUT2D eigenvalue weighted by Crippen LogP contribution is -2.46. The highest BCUT2D eigenvalue weighted by molar-refractivity contribution is 7.90. The first kappa shape index (κ1) is 20.4. The maximum atomic E-state index is 12.6. The van der Waals surface area contributed by atoms with Crippen LogP contribution in [-0.2, 0) is 19.6 Å². The SMILES string of the molecule is Cl.N[C@]12C[C@H]1/C=C\CCCCC(=O)Nc1ccccc1S(=O)(=O)NC2=O. The minimum Gasteiger partial charge on any atom is -0.325 e. The Kier molecular flexibility index (Phi) is 6.10. The van der Waals surface area contributed by atoms with Gasteiger partial charge in [0.25, 0.3) is 15.9 Å². The predicted molar refractivity (Wildman–Crippen MR) is 100 cm³/mol. The van der Waals surface area contributed by atoms with Crippen molar-refractivity contribution in [1.29, 1.82) is 0 Å². The second-order valence-corrected chi connectivity index (χ2v) is 8.15. The molecule has 0 radical (unpaired) electrons. The molecule has 26 heavy (non-hydrogen) atoms. The molecule has 1 aliphatic heterocycles.